The third-order valence-electron chi connectivity index (χ3n) is 5.31. The number of benzene rings is 1. The van der Waals surface area contributed by atoms with Crippen LogP contribution in [0.5, 0.6) is 0 Å². The minimum atomic E-state index is -0.0265. The number of anilines is 3. The molecule has 6 nitrogen and oxygen atoms in total. The summed E-state index contributed by atoms with van der Waals surface area (Å²) in [6, 6.07) is 3.78. The lowest BCUT2D eigenvalue weighted by atomic mass is 9.89. The van der Waals surface area contributed by atoms with Crippen LogP contribution >= 0.6 is 0 Å². The van der Waals surface area contributed by atoms with Crippen LogP contribution in [0.4, 0.5) is 17.1 Å². The van der Waals surface area contributed by atoms with Gasteiger partial charge in [-0.3, -0.25) is 4.79 Å². The van der Waals surface area contributed by atoms with Crippen molar-refractivity contribution >= 4 is 23.0 Å². The summed E-state index contributed by atoms with van der Waals surface area (Å²) in [5.74, 6) is 0.583. The van der Waals surface area contributed by atoms with Crippen molar-refractivity contribution in [2.75, 3.05) is 55.8 Å². The second-order valence-corrected chi connectivity index (χ2v) is 7.02. The number of carbonyl (C=O) groups is 1. The minimum Gasteiger partial charge on any atom is -0.397 e. The van der Waals surface area contributed by atoms with Gasteiger partial charge in [0.2, 0.25) is 0 Å². The zero-order valence-electron chi connectivity index (χ0n) is 15.1. The van der Waals surface area contributed by atoms with Gasteiger partial charge in [0.15, 0.2) is 0 Å². The fourth-order valence-corrected chi connectivity index (χ4v) is 3.79. The molecule has 4 N–H and O–H groups in total. The third kappa shape index (κ3) is 4.37. The highest BCUT2D eigenvalue weighted by Gasteiger charge is 2.22. The summed E-state index contributed by atoms with van der Waals surface area (Å²) in [4.78, 5) is 15.1. The Balaban J connectivity index is 1.77. The molecular formula is C19H30N4O2. The highest BCUT2D eigenvalue weighted by Crippen LogP contribution is 2.31. The van der Waals surface area contributed by atoms with E-state index in [1.54, 1.807) is 6.07 Å². The number of hydrogen-bond donors (Lipinski definition) is 3. The number of rotatable bonds is 5. The van der Waals surface area contributed by atoms with Gasteiger partial charge >= 0.3 is 0 Å². The van der Waals surface area contributed by atoms with E-state index in [-0.39, 0.29) is 5.91 Å². The second kappa shape index (κ2) is 8.43. The lowest BCUT2D eigenvalue weighted by molar-refractivity contribution is 0.0942. The topological polar surface area (TPSA) is 79.6 Å². The average molecular weight is 346 g/mol. The number of nitrogens with zero attached hydrogens (tertiary/aromatic N) is 1. The smallest absolute Gasteiger partial charge is 0.253 e. The van der Waals surface area contributed by atoms with Crippen molar-refractivity contribution in [3.8, 4) is 0 Å². The van der Waals surface area contributed by atoms with Crippen LogP contribution in [0.3, 0.4) is 0 Å². The van der Waals surface area contributed by atoms with Crippen LogP contribution in [0.2, 0.25) is 0 Å². The first-order valence-corrected chi connectivity index (χ1v) is 9.41. The maximum absolute atomic E-state index is 12.9. The van der Waals surface area contributed by atoms with Gasteiger partial charge < -0.3 is 26.0 Å². The highest BCUT2D eigenvalue weighted by molar-refractivity contribution is 6.02. The van der Waals surface area contributed by atoms with Crippen LogP contribution < -0.4 is 21.3 Å². The number of morpholine rings is 1. The van der Waals surface area contributed by atoms with E-state index in [0.29, 0.717) is 30.4 Å². The van der Waals surface area contributed by atoms with Crippen molar-refractivity contribution < 1.29 is 9.53 Å². The van der Waals surface area contributed by atoms with Crippen LogP contribution in [0, 0.1) is 5.92 Å². The third-order valence-corrected chi connectivity index (χ3v) is 5.31. The summed E-state index contributed by atoms with van der Waals surface area (Å²) in [5, 5.41) is 6.25. The van der Waals surface area contributed by atoms with Crippen molar-refractivity contribution in [1.29, 1.82) is 0 Å². The molecule has 138 valence electrons. The lowest BCUT2D eigenvalue weighted by Gasteiger charge is -2.31. The van der Waals surface area contributed by atoms with E-state index < -0.39 is 0 Å². The molecule has 0 bridgehead atoms. The molecule has 6 heteroatoms. The van der Waals surface area contributed by atoms with Crippen molar-refractivity contribution in [2.45, 2.75) is 32.1 Å². The van der Waals surface area contributed by atoms with E-state index in [1.807, 2.05) is 13.1 Å². The zero-order valence-corrected chi connectivity index (χ0v) is 15.1. The van der Waals surface area contributed by atoms with Crippen LogP contribution in [-0.2, 0) is 4.74 Å². The van der Waals surface area contributed by atoms with Gasteiger partial charge in [0, 0.05) is 26.7 Å². The standard InChI is InChI=1S/C19H30N4O2/c1-21-17-12-18(23-7-9-25-10-8-23)15(11-16(17)20)19(24)22-13-14-5-3-2-4-6-14/h11-12,14,21H,2-10,13,20H2,1H3,(H,22,24). The van der Waals surface area contributed by atoms with Crippen molar-refractivity contribution in [3.63, 3.8) is 0 Å². The van der Waals surface area contributed by atoms with E-state index >= 15 is 0 Å². The van der Waals surface area contributed by atoms with Gasteiger partial charge in [-0.05, 0) is 30.9 Å². The van der Waals surface area contributed by atoms with E-state index in [2.05, 4.69) is 15.5 Å². The lowest BCUT2D eigenvalue weighted by Crippen LogP contribution is -2.38. The molecule has 1 aliphatic carbocycles. The Morgan fingerprint density at radius 3 is 2.64 bits per heavy atom. The molecule has 3 rings (SSSR count). The first kappa shape index (κ1) is 17.9. The molecule has 0 atom stereocenters. The first-order valence-electron chi connectivity index (χ1n) is 9.41. The number of ether oxygens (including phenoxy) is 1. The molecule has 2 aliphatic rings. The van der Waals surface area contributed by atoms with Crippen LogP contribution in [0.15, 0.2) is 12.1 Å². The van der Waals surface area contributed by atoms with Gasteiger partial charge in [0.25, 0.3) is 5.91 Å². The Bertz CT molecular complexity index is 593. The Morgan fingerprint density at radius 2 is 1.96 bits per heavy atom. The Morgan fingerprint density at radius 1 is 1.24 bits per heavy atom. The Hall–Kier alpha value is -1.95. The predicted molar refractivity (Wildman–Crippen MR) is 102 cm³/mol. The summed E-state index contributed by atoms with van der Waals surface area (Å²) in [6.45, 7) is 3.70. The summed E-state index contributed by atoms with van der Waals surface area (Å²) in [5.41, 5.74) is 9.17. The van der Waals surface area contributed by atoms with E-state index in [1.165, 1.54) is 32.1 Å². The summed E-state index contributed by atoms with van der Waals surface area (Å²) in [6.07, 6.45) is 6.33. The fraction of sp³-hybridized carbons (Fsp3) is 0.632. The quantitative estimate of drug-likeness (QED) is 0.714. The summed E-state index contributed by atoms with van der Waals surface area (Å²) >= 11 is 0. The SMILES string of the molecule is CNc1cc(N2CCOCC2)c(C(=O)NCC2CCCCC2)cc1N. The van der Waals surface area contributed by atoms with Gasteiger partial charge in [-0.2, -0.15) is 0 Å². The Kier molecular flexibility index (Phi) is 6.02. The molecule has 0 radical (unpaired) electrons. The molecule has 1 amide bonds. The number of amides is 1. The number of carbonyl (C=O) groups excluding carboxylic acids is 1. The first-order chi connectivity index (χ1) is 12.2. The average Bonchev–Trinajstić information content (AvgIpc) is 2.67. The molecule has 1 aromatic rings. The van der Waals surface area contributed by atoms with Gasteiger partial charge in [-0.15, -0.1) is 0 Å². The maximum atomic E-state index is 12.9. The summed E-state index contributed by atoms with van der Waals surface area (Å²) in [7, 11) is 1.84. The molecule has 1 saturated heterocycles. The van der Waals surface area contributed by atoms with Gasteiger partial charge in [-0.1, -0.05) is 19.3 Å². The van der Waals surface area contributed by atoms with Gasteiger partial charge in [0.1, 0.15) is 0 Å². The van der Waals surface area contributed by atoms with E-state index in [0.717, 1.165) is 31.0 Å². The highest BCUT2D eigenvalue weighted by atomic mass is 16.5. The minimum absolute atomic E-state index is 0.0265. The van der Waals surface area contributed by atoms with E-state index in [4.69, 9.17) is 10.5 Å². The number of nitrogens with one attached hydrogen (secondary N) is 2. The molecule has 1 aliphatic heterocycles. The monoisotopic (exact) mass is 346 g/mol. The molecule has 1 aromatic carbocycles. The molecule has 0 unspecified atom stereocenters. The summed E-state index contributed by atoms with van der Waals surface area (Å²) < 4.78 is 5.45. The largest absolute Gasteiger partial charge is 0.397 e. The molecule has 0 spiro atoms. The number of nitrogen functional groups attached to an aromatic ring is 1. The number of nitrogens with two attached hydrogens (primary N) is 1. The van der Waals surface area contributed by atoms with Crippen LogP contribution in [0.1, 0.15) is 42.5 Å². The molecule has 0 aromatic heterocycles. The van der Waals surface area contributed by atoms with Gasteiger partial charge in [0.05, 0.1) is 35.8 Å². The molecular weight excluding hydrogens is 316 g/mol. The van der Waals surface area contributed by atoms with Crippen molar-refractivity contribution in [2.24, 2.45) is 5.92 Å². The number of hydrogen-bond acceptors (Lipinski definition) is 5. The zero-order chi connectivity index (χ0) is 17.6. The fourth-order valence-electron chi connectivity index (χ4n) is 3.79. The van der Waals surface area contributed by atoms with Gasteiger partial charge in [-0.25, -0.2) is 0 Å². The van der Waals surface area contributed by atoms with Crippen LogP contribution in [-0.4, -0.2) is 45.8 Å². The second-order valence-electron chi connectivity index (χ2n) is 7.02. The normalized spacial score (nSPS) is 18.8. The van der Waals surface area contributed by atoms with Crippen molar-refractivity contribution in [1.82, 2.24) is 5.32 Å². The van der Waals surface area contributed by atoms with E-state index in [9.17, 15) is 4.79 Å². The Labute approximate surface area is 150 Å². The molecule has 1 heterocycles. The molecule has 2 fully saturated rings. The predicted octanol–water partition coefficient (Wildman–Crippen LogP) is 2.46. The molecule has 1 saturated carbocycles. The maximum Gasteiger partial charge on any atom is 0.253 e. The van der Waals surface area contributed by atoms with Crippen molar-refractivity contribution in [3.05, 3.63) is 17.7 Å². The molecule has 25 heavy (non-hydrogen) atoms. The van der Waals surface area contributed by atoms with Crippen LogP contribution in [0.25, 0.3) is 0 Å².